The number of hydrogen-bond acceptors (Lipinski definition) is 8. The number of aliphatic carboxylic acids is 1. The average Bonchev–Trinajstić information content (AvgIpc) is 3.24. The number of phosphoric acid groups is 1. The Hall–Kier alpha value is -2.30. The maximum atomic E-state index is 12.3. The van der Waals surface area contributed by atoms with Gasteiger partial charge in [-0.25, -0.2) is 9.36 Å². The molecule has 356 valence electrons. The summed E-state index contributed by atoms with van der Waals surface area (Å²) in [5, 5.41) is 21.8. The number of carbonyl (C=O) groups excluding carboxylic acids is 2. The van der Waals surface area contributed by atoms with Gasteiger partial charge in [0, 0.05) is 12.8 Å². The Morgan fingerprint density at radius 2 is 0.951 bits per heavy atom. The van der Waals surface area contributed by atoms with Crippen LogP contribution in [0, 0.1) is 0 Å². The Morgan fingerprint density at radius 3 is 1.43 bits per heavy atom. The standard InChI is InChI=1S/C49H90NO10P/c1-3-5-7-9-11-13-15-17-18-19-20-21-22-23-24-25-26-27-29-31-33-35-37-39-41-48(53)58-42-45(51)43-59-61(56,57)60-44-46(49(54)55)50-47(52)40-38-36-34-32-30-28-16-14-12-10-8-6-4-2/h6,8,12,14,28,30,45-46,51H,3-5,7,9-11,13,15-27,29,31-44H2,1-2H3,(H,50,52)(H,54,55)(H,56,57)/b8-6-,14-12-,30-28-. The number of amides is 1. The van der Waals surface area contributed by atoms with Gasteiger partial charge in [-0.05, 0) is 44.9 Å². The number of aliphatic hydroxyl groups excluding tert-OH is 1. The predicted molar refractivity (Wildman–Crippen MR) is 249 cm³/mol. The molecule has 0 aromatic heterocycles. The number of nitrogens with one attached hydrogen (secondary N) is 1. The molecule has 0 saturated carbocycles. The second-order valence-corrected chi connectivity index (χ2v) is 18.1. The summed E-state index contributed by atoms with van der Waals surface area (Å²) >= 11 is 0. The molecule has 0 fully saturated rings. The number of phosphoric ester groups is 1. The van der Waals surface area contributed by atoms with Gasteiger partial charge in [-0.2, -0.15) is 0 Å². The van der Waals surface area contributed by atoms with Gasteiger partial charge in [0.05, 0.1) is 13.2 Å². The van der Waals surface area contributed by atoms with E-state index in [2.05, 4.69) is 55.6 Å². The fourth-order valence-corrected chi connectivity index (χ4v) is 7.69. The number of unbranched alkanes of at least 4 members (excludes halogenated alkanes) is 26. The molecular weight excluding hydrogens is 794 g/mol. The molecule has 0 spiro atoms. The minimum Gasteiger partial charge on any atom is -0.480 e. The van der Waals surface area contributed by atoms with Crippen LogP contribution < -0.4 is 5.32 Å². The third-order valence-electron chi connectivity index (χ3n) is 10.7. The van der Waals surface area contributed by atoms with Crippen molar-refractivity contribution in [2.24, 2.45) is 0 Å². The summed E-state index contributed by atoms with van der Waals surface area (Å²) in [5.74, 6) is -2.41. The summed E-state index contributed by atoms with van der Waals surface area (Å²) in [6, 6.07) is -1.56. The van der Waals surface area contributed by atoms with Crippen molar-refractivity contribution in [2.45, 2.75) is 238 Å². The summed E-state index contributed by atoms with van der Waals surface area (Å²) < 4.78 is 26.9. The van der Waals surface area contributed by atoms with Crippen LogP contribution in [0.5, 0.6) is 0 Å². The SMILES string of the molecule is CC/C=C\C/C=C\C/C=C\CCCCCC(=O)NC(COP(=O)(O)OCC(O)COC(=O)CCCCCCCCCCCCCCCCCCCCCCCCCC)C(=O)O. The molecule has 0 aliphatic carbocycles. The fraction of sp³-hybridized carbons (Fsp3) is 0.816. The molecular formula is C49H90NO10P. The molecule has 0 aliphatic rings. The molecule has 12 heteroatoms. The maximum absolute atomic E-state index is 12.3. The van der Waals surface area contributed by atoms with Crippen LogP contribution in [-0.2, 0) is 32.7 Å². The quantitative estimate of drug-likeness (QED) is 0.0200. The normalized spacial score (nSPS) is 13.9. The van der Waals surface area contributed by atoms with Crippen molar-refractivity contribution in [3.05, 3.63) is 36.5 Å². The van der Waals surface area contributed by atoms with E-state index < -0.39 is 57.6 Å². The number of rotatable bonds is 46. The van der Waals surface area contributed by atoms with Crippen molar-refractivity contribution in [1.82, 2.24) is 5.32 Å². The number of ether oxygens (including phenoxy) is 1. The molecule has 0 aliphatic heterocycles. The summed E-state index contributed by atoms with van der Waals surface area (Å²) in [6.07, 6.45) is 49.1. The largest absolute Gasteiger partial charge is 0.480 e. The zero-order chi connectivity index (χ0) is 44.9. The average molecular weight is 884 g/mol. The van der Waals surface area contributed by atoms with Crippen LogP contribution in [0.4, 0.5) is 0 Å². The molecule has 0 heterocycles. The van der Waals surface area contributed by atoms with Crippen LogP contribution >= 0.6 is 7.82 Å². The minimum atomic E-state index is -4.76. The molecule has 11 nitrogen and oxygen atoms in total. The minimum absolute atomic E-state index is 0.110. The third kappa shape index (κ3) is 44.1. The lowest BCUT2D eigenvalue weighted by atomic mass is 10.0. The highest BCUT2D eigenvalue weighted by Gasteiger charge is 2.28. The van der Waals surface area contributed by atoms with Gasteiger partial charge in [0.2, 0.25) is 5.91 Å². The first-order valence-corrected chi connectivity index (χ1v) is 26.0. The number of carboxylic acid groups (broad SMARTS) is 1. The van der Waals surface area contributed by atoms with E-state index in [1.165, 1.54) is 128 Å². The lowest BCUT2D eigenvalue weighted by molar-refractivity contribution is -0.147. The highest BCUT2D eigenvalue weighted by molar-refractivity contribution is 7.47. The van der Waals surface area contributed by atoms with Gasteiger partial charge in [-0.1, -0.05) is 204 Å². The number of allylic oxidation sites excluding steroid dienone is 6. The number of carbonyl (C=O) groups is 3. The van der Waals surface area contributed by atoms with Crippen LogP contribution in [-0.4, -0.2) is 64.9 Å². The Bertz CT molecular complexity index is 1180. The number of carboxylic acids is 1. The zero-order valence-corrected chi connectivity index (χ0v) is 39.6. The smallest absolute Gasteiger partial charge is 0.472 e. The van der Waals surface area contributed by atoms with E-state index in [0.717, 1.165) is 57.8 Å². The van der Waals surface area contributed by atoms with E-state index in [0.29, 0.717) is 12.8 Å². The first-order valence-electron chi connectivity index (χ1n) is 24.5. The lowest BCUT2D eigenvalue weighted by Crippen LogP contribution is -2.43. The molecule has 1 amide bonds. The Balaban J connectivity index is 3.78. The first-order chi connectivity index (χ1) is 29.6. The van der Waals surface area contributed by atoms with Gasteiger partial charge >= 0.3 is 19.8 Å². The van der Waals surface area contributed by atoms with Crippen LogP contribution in [0.15, 0.2) is 36.5 Å². The molecule has 0 saturated heterocycles. The predicted octanol–water partition coefficient (Wildman–Crippen LogP) is 13.2. The van der Waals surface area contributed by atoms with Gasteiger partial charge in [-0.15, -0.1) is 0 Å². The van der Waals surface area contributed by atoms with Crippen molar-refractivity contribution in [3.63, 3.8) is 0 Å². The Morgan fingerprint density at radius 1 is 0.541 bits per heavy atom. The van der Waals surface area contributed by atoms with Crippen molar-refractivity contribution in [3.8, 4) is 0 Å². The molecule has 0 aromatic carbocycles. The number of hydrogen-bond donors (Lipinski definition) is 4. The van der Waals surface area contributed by atoms with Crippen LogP contribution in [0.3, 0.4) is 0 Å². The summed E-state index contributed by atoms with van der Waals surface area (Å²) in [7, 11) is -4.76. The van der Waals surface area contributed by atoms with Gasteiger partial charge in [0.15, 0.2) is 6.04 Å². The summed E-state index contributed by atoms with van der Waals surface area (Å²) in [6.45, 7) is 2.48. The van der Waals surface area contributed by atoms with E-state index in [-0.39, 0.29) is 12.8 Å². The molecule has 0 radical (unpaired) electrons. The number of aliphatic hydroxyl groups is 1. The molecule has 0 bridgehead atoms. The highest BCUT2D eigenvalue weighted by atomic mass is 31.2. The molecule has 3 unspecified atom stereocenters. The first kappa shape index (κ1) is 58.7. The van der Waals surface area contributed by atoms with E-state index >= 15 is 0 Å². The molecule has 4 N–H and O–H groups in total. The van der Waals surface area contributed by atoms with Crippen LogP contribution in [0.2, 0.25) is 0 Å². The van der Waals surface area contributed by atoms with Gasteiger partial charge in [-0.3, -0.25) is 18.6 Å². The van der Waals surface area contributed by atoms with Gasteiger partial charge < -0.3 is 25.2 Å². The fourth-order valence-electron chi connectivity index (χ4n) is 6.92. The van der Waals surface area contributed by atoms with Crippen LogP contribution in [0.25, 0.3) is 0 Å². The molecule has 0 rings (SSSR count). The van der Waals surface area contributed by atoms with E-state index in [9.17, 15) is 34.1 Å². The van der Waals surface area contributed by atoms with Crippen LogP contribution in [0.1, 0.15) is 226 Å². The summed E-state index contributed by atoms with van der Waals surface area (Å²) in [5.41, 5.74) is 0. The van der Waals surface area contributed by atoms with Crippen molar-refractivity contribution in [2.75, 3.05) is 19.8 Å². The van der Waals surface area contributed by atoms with Crippen molar-refractivity contribution in [1.29, 1.82) is 0 Å². The van der Waals surface area contributed by atoms with E-state index in [1.54, 1.807) is 0 Å². The maximum Gasteiger partial charge on any atom is 0.472 e. The zero-order valence-electron chi connectivity index (χ0n) is 38.7. The van der Waals surface area contributed by atoms with E-state index in [4.69, 9.17) is 13.8 Å². The lowest BCUT2D eigenvalue weighted by Gasteiger charge is -2.18. The third-order valence-corrected chi connectivity index (χ3v) is 11.6. The topological polar surface area (TPSA) is 169 Å². The van der Waals surface area contributed by atoms with Crippen molar-refractivity contribution >= 4 is 25.7 Å². The van der Waals surface area contributed by atoms with Gasteiger partial charge in [0.25, 0.3) is 0 Å². The van der Waals surface area contributed by atoms with Crippen molar-refractivity contribution < 1.29 is 47.8 Å². The monoisotopic (exact) mass is 884 g/mol. The summed E-state index contributed by atoms with van der Waals surface area (Å²) in [4.78, 5) is 45.9. The molecule has 3 atom stereocenters. The molecule has 0 aromatic rings. The Kier molecular flexibility index (Phi) is 42.6. The Labute approximate surface area is 371 Å². The highest BCUT2D eigenvalue weighted by Crippen LogP contribution is 2.43. The number of esters is 1. The second kappa shape index (κ2) is 44.3. The molecule has 61 heavy (non-hydrogen) atoms. The van der Waals surface area contributed by atoms with Gasteiger partial charge in [0.1, 0.15) is 12.7 Å². The second-order valence-electron chi connectivity index (χ2n) is 16.6. The van der Waals surface area contributed by atoms with E-state index in [1.807, 2.05) is 0 Å².